The molecule has 2 atom stereocenters. The highest BCUT2D eigenvalue weighted by atomic mass is 19.1. The molecule has 8 nitrogen and oxygen atoms in total. The van der Waals surface area contributed by atoms with Crippen molar-refractivity contribution in [3.05, 3.63) is 34.2 Å². The molecule has 148 valence electrons. The van der Waals surface area contributed by atoms with Crippen LogP contribution in [-0.4, -0.2) is 35.6 Å². The van der Waals surface area contributed by atoms with Gasteiger partial charge in [0.25, 0.3) is 5.56 Å². The monoisotopic (exact) mass is 386 g/mol. The number of H-pyrrole nitrogens is 1. The molecule has 28 heavy (non-hydrogen) atoms. The van der Waals surface area contributed by atoms with Gasteiger partial charge in [-0.1, -0.05) is 0 Å². The van der Waals surface area contributed by atoms with Crippen LogP contribution in [0.15, 0.2) is 15.4 Å². The van der Waals surface area contributed by atoms with Crippen molar-refractivity contribution in [2.45, 2.75) is 75.9 Å². The van der Waals surface area contributed by atoms with Crippen molar-refractivity contribution >= 4 is 11.0 Å². The molecule has 0 bridgehead atoms. The molecule has 0 saturated heterocycles. The van der Waals surface area contributed by atoms with E-state index in [9.17, 15) is 9.18 Å². The minimum atomic E-state index is -1.11. The van der Waals surface area contributed by atoms with Gasteiger partial charge in [0, 0.05) is 18.8 Å². The Balaban J connectivity index is 1.49. The topological polar surface area (TPSA) is 102 Å². The van der Waals surface area contributed by atoms with Crippen LogP contribution in [0.2, 0.25) is 0 Å². The molecule has 0 unspecified atom stereocenters. The van der Waals surface area contributed by atoms with Gasteiger partial charge in [0.05, 0.1) is 12.2 Å². The van der Waals surface area contributed by atoms with Gasteiger partial charge >= 0.3 is 0 Å². The maximum Gasteiger partial charge on any atom is 0.262 e. The minimum Gasteiger partial charge on any atom is -0.425 e. The highest BCUT2D eigenvalue weighted by molar-refractivity contribution is 5.73. The molecular formula is C19H23FN6O2. The van der Waals surface area contributed by atoms with Crippen molar-refractivity contribution in [1.82, 2.24) is 29.9 Å². The smallest absolute Gasteiger partial charge is 0.262 e. The van der Waals surface area contributed by atoms with Crippen molar-refractivity contribution in [2.24, 2.45) is 0 Å². The molecule has 0 aliphatic heterocycles. The van der Waals surface area contributed by atoms with Gasteiger partial charge < -0.3 is 9.40 Å². The predicted molar refractivity (Wildman–Crippen MR) is 98.9 cm³/mol. The Kier molecular flexibility index (Phi) is 3.89. The largest absolute Gasteiger partial charge is 0.425 e. The van der Waals surface area contributed by atoms with Crippen molar-refractivity contribution in [3.8, 4) is 0 Å². The first-order valence-electron chi connectivity index (χ1n) is 9.88. The number of nitrogens with zero attached hydrogens (tertiary/aromatic N) is 5. The fraction of sp³-hybridized carbons (Fsp3) is 0.632. The van der Waals surface area contributed by atoms with Crippen LogP contribution in [-0.2, 0) is 0 Å². The van der Waals surface area contributed by atoms with Crippen molar-refractivity contribution in [1.29, 1.82) is 0 Å². The molecule has 2 aliphatic rings. The fourth-order valence-corrected chi connectivity index (χ4v) is 4.43. The second-order valence-electron chi connectivity index (χ2n) is 8.37. The molecule has 3 heterocycles. The van der Waals surface area contributed by atoms with Crippen LogP contribution in [0.25, 0.3) is 11.0 Å². The molecule has 9 heteroatoms. The number of halogens is 1. The van der Waals surface area contributed by atoms with Crippen LogP contribution in [0.3, 0.4) is 0 Å². The molecular weight excluding hydrogens is 363 g/mol. The second kappa shape index (κ2) is 6.22. The number of alkyl halides is 1. The normalized spacial score (nSPS) is 30.5. The number of aromatic nitrogens is 6. The third-order valence-corrected chi connectivity index (χ3v) is 6.31. The van der Waals surface area contributed by atoms with E-state index >= 15 is 0 Å². The molecule has 0 aromatic carbocycles. The molecule has 2 fully saturated rings. The van der Waals surface area contributed by atoms with Gasteiger partial charge in [-0.25, -0.2) is 14.1 Å². The Labute approximate surface area is 160 Å². The van der Waals surface area contributed by atoms with Crippen LogP contribution in [0.4, 0.5) is 4.39 Å². The first-order valence-corrected chi connectivity index (χ1v) is 9.88. The van der Waals surface area contributed by atoms with Gasteiger partial charge in [-0.2, -0.15) is 5.10 Å². The average molecular weight is 386 g/mol. The van der Waals surface area contributed by atoms with Gasteiger partial charge in [-0.05, 0) is 45.4 Å². The quantitative estimate of drug-likeness (QED) is 0.741. The Morgan fingerprint density at radius 1 is 1.21 bits per heavy atom. The molecule has 0 radical (unpaired) electrons. The summed E-state index contributed by atoms with van der Waals surface area (Å²) < 4.78 is 21.6. The highest BCUT2D eigenvalue weighted by Gasteiger charge is 2.39. The summed E-state index contributed by atoms with van der Waals surface area (Å²) in [5.74, 6) is 1.88. The molecule has 3 aromatic heterocycles. The summed E-state index contributed by atoms with van der Waals surface area (Å²) in [6.45, 7) is 3.42. The molecule has 0 amide bonds. The lowest BCUT2D eigenvalue weighted by Crippen LogP contribution is -2.29. The number of nitrogens with one attached hydrogen (secondary N) is 1. The number of aromatic amines is 1. The molecule has 1 N–H and O–H groups in total. The summed E-state index contributed by atoms with van der Waals surface area (Å²) in [6.07, 6.45) is 5.77. The number of rotatable bonds is 3. The lowest BCUT2D eigenvalue weighted by Gasteiger charge is -2.33. The average Bonchev–Trinajstić information content (AvgIpc) is 3.21. The van der Waals surface area contributed by atoms with E-state index in [1.165, 1.54) is 0 Å². The Morgan fingerprint density at radius 3 is 2.61 bits per heavy atom. The molecule has 2 saturated carbocycles. The lowest BCUT2D eigenvalue weighted by molar-refractivity contribution is 0.103. The van der Waals surface area contributed by atoms with Gasteiger partial charge in [-0.15, -0.1) is 10.2 Å². The Morgan fingerprint density at radius 2 is 1.96 bits per heavy atom. The summed E-state index contributed by atoms with van der Waals surface area (Å²) in [6, 6.07) is 0.0688. The third-order valence-electron chi connectivity index (χ3n) is 6.31. The molecule has 2 aliphatic carbocycles. The zero-order chi connectivity index (χ0) is 19.5. The predicted octanol–water partition coefficient (Wildman–Crippen LogP) is 3.32. The highest BCUT2D eigenvalue weighted by Crippen LogP contribution is 2.47. The van der Waals surface area contributed by atoms with Gasteiger partial charge in [0.15, 0.2) is 5.65 Å². The van der Waals surface area contributed by atoms with E-state index < -0.39 is 5.67 Å². The van der Waals surface area contributed by atoms with Gasteiger partial charge in [0.1, 0.15) is 16.9 Å². The SMILES string of the molecule is Cc1nnc([C@@H]2CC[C@@H]2c2nc3c(cnn3C3CCC(C)(F)CC3)c(=O)[nH]2)o1. The number of fused-ring (bicyclic) bond motifs is 1. The summed E-state index contributed by atoms with van der Waals surface area (Å²) in [5, 5.41) is 12.9. The Hall–Kier alpha value is -2.58. The number of hydrogen-bond acceptors (Lipinski definition) is 6. The third kappa shape index (κ3) is 2.84. The summed E-state index contributed by atoms with van der Waals surface area (Å²) in [7, 11) is 0. The maximum absolute atomic E-state index is 14.2. The number of aryl methyl sites for hydroxylation is 1. The van der Waals surface area contributed by atoms with Crippen LogP contribution < -0.4 is 5.56 Å². The van der Waals surface area contributed by atoms with Gasteiger partial charge in [-0.3, -0.25) is 4.79 Å². The fourth-order valence-electron chi connectivity index (χ4n) is 4.43. The maximum atomic E-state index is 14.2. The van der Waals surface area contributed by atoms with Crippen LogP contribution >= 0.6 is 0 Å². The summed E-state index contributed by atoms with van der Waals surface area (Å²) >= 11 is 0. The van der Waals surface area contributed by atoms with Crippen molar-refractivity contribution in [3.63, 3.8) is 0 Å². The molecule has 3 aromatic rings. The number of hydrogen-bond donors (Lipinski definition) is 1. The Bertz CT molecular complexity index is 1070. The lowest BCUT2D eigenvalue weighted by atomic mass is 9.73. The van der Waals surface area contributed by atoms with E-state index in [1.807, 2.05) is 4.68 Å². The standard InChI is InChI=1S/C19H23FN6O2/c1-10-24-25-18(28-10)13-4-3-12(13)15-22-16-14(17(27)23-15)9-21-26(16)11-5-7-19(2,20)8-6-11/h9,11-13H,3-8H2,1-2H3,(H,22,23,27)/t11?,12-,13+,19?/m0/s1. The molecule has 5 rings (SSSR count). The zero-order valence-corrected chi connectivity index (χ0v) is 16.0. The summed E-state index contributed by atoms with van der Waals surface area (Å²) in [4.78, 5) is 20.3. The first-order chi connectivity index (χ1) is 13.4. The zero-order valence-electron chi connectivity index (χ0n) is 16.0. The van der Waals surface area contributed by atoms with Crippen LogP contribution in [0, 0.1) is 6.92 Å². The first kappa shape index (κ1) is 17.5. The van der Waals surface area contributed by atoms with Crippen molar-refractivity contribution in [2.75, 3.05) is 0 Å². The van der Waals surface area contributed by atoms with E-state index in [4.69, 9.17) is 9.40 Å². The summed E-state index contributed by atoms with van der Waals surface area (Å²) in [5.41, 5.74) is -0.722. The van der Waals surface area contributed by atoms with E-state index in [2.05, 4.69) is 20.3 Å². The molecule has 0 spiro atoms. The van der Waals surface area contributed by atoms with E-state index in [0.29, 0.717) is 54.3 Å². The van der Waals surface area contributed by atoms with E-state index in [-0.39, 0.29) is 23.4 Å². The minimum absolute atomic E-state index is 0.0424. The second-order valence-corrected chi connectivity index (χ2v) is 8.37. The van der Waals surface area contributed by atoms with Crippen LogP contribution in [0.1, 0.15) is 80.9 Å². The van der Waals surface area contributed by atoms with Crippen LogP contribution in [0.5, 0.6) is 0 Å². The van der Waals surface area contributed by atoms with E-state index in [1.54, 1.807) is 20.0 Å². The van der Waals surface area contributed by atoms with Crippen molar-refractivity contribution < 1.29 is 8.81 Å². The van der Waals surface area contributed by atoms with E-state index in [0.717, 1.165) is 12.8 Å². The van der Waals surface area contributed by atoms with Gasteiger partial charge in [0.2, 0.25) is 11.8 Å².